The van der Waals surface area contributed by atoms with Gasteiger partial charge >= 0.3 is 11.9 Å². The van der Waals surface area contributed by atoms with Crippen LogP contribution in [0.2, 0.25) is 0 Å². The van der Waals surface area contributed by atoms with Crippen molar-refractivity contribution < 1.29 is 34.2 Å². The summed E-state index contributed by atoms with van der Waals surface area (Å²) in [7, 11) is 0. The Balaban J connectivity index is 4.86. The van der Waals surface area contributed by atoms with Crippen molar-refractivity contribution in [3.63, 3.8) is 0 Å². The van der Waals surface area contributed by atoms with Gasteiger partial charge in [-0.25, -0.2) is 0 Å². The van der Waals surface area contributed by atoms with Crippen molar-refractivity contribution in [2.24, 2.45) is 0 Å². The number of allylic oxidation sites excluding steroid dienone is 2. The topological polar surface area (TPSA) is 115 Å². The molecular weight excluding hydrogens is 410 g/mol. The van der Waals surface area contributed by atoms with Crippen molar-refractivity contribution in [1.29, 1.82) is 0 Å². The van der Waals surface area contributed by atoms with Crippen molar-refractivity contribution in [2.75, 3.05) is 26.2 Å². The van der Waals surface area contributed by atoms with Crippen LogP contribution >= 0.6 is 0 Å². The third-order valence-electron chi connectivity index (χ3n) is 5.97. The fourth-order valence-corrected chi connectivity index (χ4v) is 4.18. The molecule has 7 nitrogen and oxygen atoms in total. The fraction of sp³-hybridized carbons (Fsp3) is 0.800. The molecule has 0 fully saturated rings. The van der Waals surface area contributed by atoms with Gasteiger partial charge in [0.15, 0.2) is 0 Å². The monoisotopic (exact) mass is 455 g/mol. The number of carbonyl (C=O) groups excluding carboxylic acids is 1. The van der Waals surface area contributed by atoms with Crippen LogP contribution < -0.4 is 5.11 Å². The molecule has 32 heavy (non-hydrogen) atoms. The van der Waals surface area contributed by atoms with Gasteiger partial charge in [0.1, 0.15) is 0 Å². The Kier molecular flexibility index (Phi) is 18.6. The summed E-state index contributed by atoms with van der Waals surface area (Å²) in [6.45, 7) is 5.70. The minimum Gasteiger partial charge on any atom is -0.550 e. The van der Waals surface area contributed by atoms with Crippen LogP contribution in [0.5, 0.6) is 0 Å². The van der Waals surface area contributed by atoms with Gasteiger partial charge in [-0.15, -0.1) is 0 Å². The quantitative estimate of drug-likeness (QED) is 0.136. The van der Waals surface area contributed by atoms with Gasteiger partial charge in [-0.05, 0) is 77.0 Å². The number of quaternary nitrogens is 1. The molecule has 0 aliphatic heterocycles. The lowest BCUT2D eigenvalue weighted by Gasteiger charge is -2.39. The lowest BCUT2D eigenvalue weighted by molar-refractivity contribution is -0.929. The van der Waals surface area contributed by atoms with Crippen LogP contribution in [0.4, 0.5) is 0 Å². The standard InChI is InChI=1S/C25H45NO6/c1-2-3-4-5-6-7-8-12-19-26(20-13-9-16-23(27)28,21-14-10-17-24(29)30)22-15-11-18-25(31)32/h3-4H,2,5-22H2,1H3,(H2-,27,28,29,30,31,32)/b4-3+. The molecule has 0 spiro atoms. The summed E-state index contributed by atoms with van der Waals surface area (Å²) < 4.78 is 0.835. The average molecular weight is 456 g/mol. The first-order valence-corrected chi connectivity index (χ1v) is 12.4. The molecule has 0 aromatic rings. The third-order valence-corrected chi connectivity index (χ3v) is 5.97. The van der Waals surface area contributed by atoms with Crippen LogP contribution in [0.3, 0.4) is 0 Å². The second kappa shape index (κ2) is 19.8. The lowest BCUT2D eigenvalue weighted by Crippen LogP contribution is -2.51. The number of hydrogen-bond acceptors (Lipinski definition) is 4. The summed E-state index contributed by atoms with van der Waals surface area (Å²) in [6, 6.07) is 0. The molecule has 0 aliphatic rings. The number of nitrogens with zero attached hydrogens (tertiary/aromatic N) is 1. The van der Waals surface area contributed by atoms with E-state index < -0.39 is 17.9 Å². The van der Waals surface area contributed by atoms with E-state index in [9.17, 15) is 19.5 Å². The van der Waals surface area contributed by atoms with Crippen molar-refractivity contribution in [3.05, 3.63) is 12.2 Å². The average Bonchev–Trinajstić information content (AvgIpc) is 2.73. The van der Waals surface area contributed by atoms with E-state index in [-0.39, 0.29) is 19.3 Å². The first kappa shape index (κ1) is 30.1. The van der Waals surface area contributed by atoms with Crippen LogP contribution in [-0.2, 0) is 14.4 Å². The highest BCUT2D eigenvalue weighted by atomic mass is 16.4. The highest BCUT2D eigenvalue weighted by Crippen LogP contribution is 2.19. The van der Waals surface area contributed by atoms with E-state index in [0.717, 1.165) is 75.6 Å². The maximum atomic E-state index is 10.9. The summed E-state index contributed by atoms with van der Waals surface area (Å²) >= 11 is 0. The Labute approximate surface area is 194 Å². The van der Waals surface area contributed by atoms with Crippen LogP contribution in [0.1, 0.15) is 103 Å². The molecule has 0 bridgehead atoms. The number of unbranched alkanes of at least 4 members (excludes halogenated alkanes) is 7. The zero-order valence-electron chi connectivity index (χ0n) is 20.1. The van der Waals surface area contributed by atoms with Crippen LogP contribution in [0, 0.1) is 0 Å². The Morgan fingerprint density at radius 2 is 1.09 bits per heavy atom. The molecule has 0 radical (unpaired) electrons. The smallest absolute Gasteiger partial charge is 0.303 e. The number of carboxylic acids is 3. The van der Waals surface area contributed by atoms with Gasteiger partial charge in [0.25, 0.3) is 0 Å². The van der Waals surface area contributed by atoms with Gasteiger partial charge < -0.3 is 24.6 Å². The minimum atomic E-state index is -1.02. The summed E-state index contributed by atoms with van der Waals surface area (Å²) in [5, 5.41) is 28.7. The minimum absolute atomic E-state index is 0.0588. The summed E-state index contributed by atoms with van der Waals surface area (Å²) in [6.07, 6.45) is 15.8. The number of carbonyl (C=O) groups is 3. The van der Waals surface area contributed by atoms with Gasteiger partial charge in [-0.3, -0.25) is 9.59 Å². The van der Waals surface area contributed by atoms with E-state index in [4.69, 9.17) is 10.2 Å². The fourth-order valence-electron chi connectivity index (χ4n) is 4.18. The van der Waals surface area contributed by atoms with Crippen molar-refractivity contribution in [1.82, 2.24) is 0 Å². The van der Waals surface area contributed by atoms with Gasteiger partial charge in [0, 0.05) is 18.8 Å². The normalized spacial score (nSPS) is 11.8. The third kappa shape index (κ3) is 18.8. The predicted molar refractivity (Wildman–Crippen MR) is 124 cm³/mol. The van der Waals surface area contributed by atoms with E-state index in [1.165, 1.54) is 12.8 Å². The summed E-state index contributed by atoms with van der Waals surface area (Å²) in [4.78, 5) is 32.5. The van der Waals surface area contributed by atoms with Gasteiger partial charge in [-0.2, -0.15) is 0 Å². The molecule has 2 N–H and O–H groups in total. The molecule has 0 rings (SSSR count). The Morgan fingerprint density at radius 1 is 0.656 bits per heavy atom. The Bertz CT molecular complexity index is 491. The van der Waals surface area contributed by atoms with Gasteiger partial charge in [0.05, 0.1) is 26.2 Å². The molecular formula is C25H45NO6. The van der Waals surface area contributed by atoms with E-state index >= 15 is 0 Å². The molecule has 186 valence electrons. The molecule has 0 saturated heterocycles. The van der Waals surface area contributed by atoms with Crippen LogP contribution in [-0.4, -0.2) is 58.8 Å². The lowest BCUT2D eigenvalue weighted by atomic mass is 10.1. The maximum Gasteiger partial charge on any atom is 0.303 e. The second-order valence-corrected chi connectivity index (χ2v) is 8.85. The zero-order valence-corrected chi connectivity index (χ0v) is 20.1. The van der Waals surface area contributed by atoms with E-state index in [1.807, 2.05) is 0 Å². The molecule has 0 atom stereocenters. The van der Waals surface area contributed by atoms with Crippen molar-refractivity contribution in [2.45, 2.75) is 103 Å². The number of carboxylic acid groups (broad SMARTS) is 3. The van der Waals surface area contributed by atoms with Crippen LogP contribution in [0.15, 0.2) is 12.2 Å². The largest absolute Gasteiger partial charge is 0.550 e. The van der Waals surface area contributed by atoms with E-state index in [2.05, 4.69) is 19.1 Å². The van der Waals surface area contributed by atoms with Gasteiger partial charge in [0.2, 0.25) is 0 Å². The summed E-state index contributed by atoms with van der Waals surface area (Å²) in [5.74, 6) is -2.59. The number of aliphatic carboxylic acids is 3. The van der Waals surface area contributed by atoms with Crippen molar-refractivity contribution in [3.8, 4) is 0 Å². The highest BCUT2D eigenvalue weighted by molar-refractivity contribution is 5.66. The number of hydrogen-bond donors (Lipinski definition) is 2. The Hall–Kier alpha value is -1.89. The molecule has 0 aromatic heterocycles. The molecule has 0 heterocycles. The molecule has 0 aromatic carbocycles. The molecule has 7 heteroatoms. The summed E-state index contributed by atoms with van der Waals surface area (Å²) in [5.41, 5.74) is 0. The first-order valence-electron chi connectivity index (χ1n) is 12.4. The molecule has 0 unspecified atom stereocenters. The maximum absolute atomic E-state index is 10.9. The second-order valence-electron chi connectivity index (χ2n) is 8.85. The van der Waals surface area contributed by atoms with Crippen molar-refractivity contribution >= 4 is 17.9 Å². The highest BCUT2D eigenvalue weighted by Gasteiger charge is 2.26. The molecule has 0 amide bonds. The number of rotatable bonds is 23. The SMILES string of the molecule is CC/C=C/CCCCCC[N+](CCCCC(=O)[O-])(CCCCC(=O)O)CCCCC(=O)O. The van der Waals surface area contributed by atoms with Gasteiger partial charge in [-0.1, -0.05) is 25.5 Å². The predicted octanol–water partition coefficient (Wildman–Crippen LogP) is 4.15. The molecule has 0 saturated carbocycles. The first-order chi connectivity index (χ1) is 15.3. The zero-order chi connectivity index (χ0) is 24.1. The molecule has 0 aliphatic carbocycles. The Morgan fingerprint density at radius 3 is 1.53 bits per heavy atom. The van der Waals surface area contributed by atoms with Crippen LogP contribution in [0.25, 0.3) is 0 Å². The van der Waals surface area contributed by atoms with E-state index in [0.29, 0.717) is 19.3 Å². The van der Waals surface area contributed by atoms with E-state index in [1.54, 1.807) is 0 Å².